The van der Waals surface area contributed by atoms with Crippen molar-refractivity contribution < 1.29 is 9.53 Å². The Balaban J connectivity index is 1.45. The van der Waals surface area contributed by atoms with Crippen LogP contribution in [0.5, 0.6) is 0 Å². The number of fused-ring (bicyclic) bond motifs is 1. The van der Waals surface area contributed by atoms with Crippen LogP contribution in [0.2, 0.25) is 0 Å². The second-order valence-electron chi connectivity index (χ2n) is 9.77. The van der Waals surface area contributed by atoms with Crippen LogP contribution < -0.4 is 16.2 Å². The van der Waals surface area contributed by atoms with Crippen LogP contribution in [-0.2, 0) is 11.8 Å². The number of urea groups is 1. The molecule has 2 fully saturated rings. The number of nitrogens with zero attached hydrogens (tertiary/aromatic N) is 2. The summed E-state index contributed by atoms with van der Waals surface area (Å²) >= 11 is 0. The first kappa shape index (κ1) is 22.8. The largest absolute Gasteiger partial charge is 0.381 e. The highest BCUT2D eigenvalue weighted by atomic mass is 16.5. The number of hydrogen-bond acceptors (Lipinski definition) is 4. The van der Waals surface area contributed by atoms with Gasteiger partial charge in [0.2, 0.25) is 0 Å². The fourth-order valence-electron chi connectivity index (χ4n) is 5.50. The molecule has 2 N–H and O–H groups in total. The number of amides is 2. The van der Waals surface area contributed by atoms with Crippen molar-refractivity contribution in [1.29, 1.82) is 0 Å². The quantitative estimate of drug-likeness (QED) is 0.758. The number of methoxy groups -OCH3 is 1. The Hall–Kier alpha value is -2.41. The first-order valence-corrected chi connectivity index (χ1v) is 11.9. The van der Waals surface area contributed by atoms with Crippen molar-refractivity contribution in [3.63, 3.8) is 0 Å². The maximum atomic E-state index is 13.2. The summed E-state index contributed by atoms with van der Waals surface area (Å²) in [6.07, 6.45) is 8.77. The molecule has 3 atom stereocenters. The molecule has 2 amide bonds. The molecule has 4 rings (SSSR count). The maximum absolute atomic E-state index is 13.2. The van der Waals surface area contributed by atoms with Gasteiger partial charge in [0.05, 0.1) is 11.6 Å². The van der Waals surface area contributed by atoms with E-state index in [0.29, 0.717) is 12.0 Å². The summed E-state index contributed by atoms with van der Waals surface area (Å²) in [6, 6.07) is 4.17. The predicted molar refractivity (Wildman–Crippen MR) is 126 cm³/mol. The number of nitrogens with one attached hydrogen (secondary N) is 2. The third kappa shape index (κ3) is 4.82. The molecule has 0 aromatic carbocycles. The number of carbonyl (C=O) groups excluding carboxylic acids is 1. The van der Waals surface area contributed by atoms with Crippen molar-refractivity contribution in [1.82, 2.24) is 20.2 Å². The van der Waals surface area contributed by atoms with E-state index >= 15 is 0 Å². The van der Waals surface area contributed by atoms with Crippen LogP contribution >= 0.6 is 0 Å². The molecular formula is C25H36N4O3. The number of aromatic nitrogens is 2. The van der Waals surface area contributed by atoms with Crippen LogP contribution in [0.25, 0.3) is 10.9 Å². The molecule has 0 spiro atoms. The minimum absolute atomic E-state index is 0.0555. The molecule has 2 aliphatic carbocycles. The number of hydrogen-bond donors (Lipinski definition) is 2. The summed E-state index contributed by atoms with van der Waals surface area (Å²) in [5.41, 5.74) is 2.70. The number of ether oxygens (including phenoxy) is 1. The molecule has 0 radical (unpaired) electrons. The topological polar surface area (TPSA) is 85.2 Å². The van der Waals surface area contributed by atoms with E-state index in [4.69, 9.17) is 4.74 Å². The van der Waals surface area contributed by atoms with Gasteiger partial charge in [-0.3, -0.25) is 9.78 Å². The Labute approximate surface area is 189 Å². The molecule has 174 valence electrons. The SMILES string of the molecule is COC1CCC(NC(=O)NC2CCC(C)C(c3cc4cnc(C)cc4n(C)c3=O)C2)CC1. The Morgan fingerprint density at radius 2 is 1.78 bits per heavy atom. The zero-order valence-corrected chi connectivity index (χ0v) is 19.7. The monoisotopic (exact) mass is 440 g/mol. The molecule has 2 aliphatic rings. The molecule has 0 aliphatic heterocycles. The Morgan fingerprint density at radius 1 is 1.09 bits per heavy atom. The summed E-state index contributed by atoms with van der Waals surface area (Å²) < 4.78 is 7.16. The van der Waals surface area contributed by atoms with Gasteiger partial charge < -0.3 is 19.9 Å². The van der Waals surface area contributed by atoms with Gasteiger partial charge in [0.25, 0.3) is 5.56 Å². The average Bonchev–Trinajstić information content (AvgIpc) is 2.78. The van der Waals surface area contributed by atoms with Crippen LogP contribution in [-0.4, -0.2) is 40.9 Å². The summed E-state index contributed by atoms with van der Waals surface area (Å²) in [6.45, 7) is 4.15. The second-order valence-corrected chi connectivity index (χ2v) is 9.77. The van der Waals surface area contributed by atoms with Gasteiger partial charge in [0.15, 0.2) is 0 Å². The highest BCUT2D eigenvalue weighted by Gasteiger charge is 2.32. The van der Waals surface area contributed by atoms with E-state index in [1.54, 1.807) is 11.7 Å². The summed E-state index contributed by atoms with van der Waals surface area (Å²) in [5, 5.41) is 7.32. The van der Waals surface area contributed by atoms with Crippen molar-refractivity contribution in [2.24, 2.45) is 13.0 Å². The van der Waals surface area contributed by atoms with Crippen LogP contribution in [0.3, 0.4) is 0 Å². The molecule has 7 heteroatoms. The number of carbonyl (C=O) groups is 1. The lowest BCUT2D eigenvalue weighted by Crippen LogP contribution is -2.49. The first-order valence-electron chi connectivity index (χ1n) is 11.9. The second kappa shape index (κ2) is 9.61. The molecule has 2 saturated carbocycles. The molecule has 7 nitrogen and oxygen atoms in total. The van der Waals surface area contributed by atoms with E-state index in [9.17, 15) is 9.59 Å². The summed E-state index contributed by atoms with van der Waals surface area (Å²) in [4.78, 5) is 30.3. The Morgan fingerprint density at radius 3 is 2.50 bits per heavy atom. The van der Waals surface area contributed by atoms with Crippen LogP contribution in [0.4, 0.5) is 4.79 Å². The van der Waals surface area contributed by atoms with Crippen molar-refractivity contribution >= 4 is 16.9 Å². The molecule has 0 saturated heterocycles. The number of rotatable bonds is 4. The Kier molecular flexibility index (Phi) is 6.84. The first-order chi connectivity index (χ1) is 15.4. The molecule has 0 bridgehead atoms. The molecule has 2 heterocycles. The third-order valence-electron chi connectivity index (χ3n) is 7.55. The number of pyridine rings is 2. The van der Waals surface area contributed by atoms with Crippen LogP contribution in [0.15, 0.2) is 23.1 Å². The minimum atomic E-state index is -0.0877. The van der Waals surface area contributed by atoms with E-state index in [1.807, 2.05) is 32.3 Å². The smallest absolute Gasteiger partial charge is 0.315 e. The summed E-state index contributed by atoms with van der Waals surface area (Å²) in [5.74, 6) is 0.514. The van der Waals surface area contributed by atoms with Gasteiger partial charge in [-0.15, -0.1) is 0 Å². The average molecular weight is 441 g/mol. The van der Waals surface area contributed by atoms with Gasteiger partial charge in [-0.05, 0) is 75.8 Å². The van der Waals surface area contributed by atoms with Crippen LogP contribution in [0.1, 0.15) is 69.0 Å². The fourth-order valence-corrected chi connectivity index (χ4v) is 5.50. The zero-order valence-electron chi connectivity index (χ0n) is 19.7. The lowest BCUT2D eigenvalue weighted by molar-refractivity contribution is 0.0634. The van der Waals surface area contributed by atoms with Gasteiger partial charge >= 0.3 is 6.03 Å². The van der Waals surface area contributed by atoms with E-state index in [2.05, 4.69) is 22.5 Å². The highest BCUT2D eigenvalue weighted by Crippen LogP contribution is 2.37. The van der Waals surface area contributed by atoms with E-state index in [0.717, 1.165) is 67.1 Å². The Bertz CT molecular complexity index is 1030. The van der Waals surface area contributed by atoms with Crippen molar-refractivity contribution in [2.45, 2.75) is 82.9 Å². The molecule has 2 aromatic rings. The van der Waals surface area contributed by atoms with Gasteiger partial charge in [0.1, 0.15) is 0 Å². The minimum Gasteiger partial charge on any atom is -0.381 e. The fraction of sp³-hybridized carbons (Fsp3) is 0.640. The van der Waals surface area contributed by atoms with Crippen molar-refractivity contribution in [3.05, 3.63) is 39.9 Å². The maximum Gasteiger partial charge on any atom is 0.315 e. The van der Waals surface area contributed by atoms with E-state index in [1.165, 1.54) is 0 Å². The highest BCUT2D eigenvalue weighted by molar-refractivity contribution is 5.79. The third-order valence-corrected chi connectivity index (χ3v) is 7.55. The standard InChI is InChI=1S/C25H36N4O3/c1-15-5-6-19(28-25(31)27-18-7-9-20(32-4)10-8-18)13-21(15)22-12-17-14-26-16(2)11-23(17)29(3)24(22)30/h11-12,14-15,18-21H,5-10,13H2,1-4H3,(H2,27,28,31). The predicted octanol–water partition coefficient (Wildman–Crippen LogP) is 3.77. The van der Waals surface area contributed by atoms with E-state index < -0.39 is 0 Å². The summed E-state index contributed by atoms with van der Waals surface area (Å²) in [7, 11) is 3.59. The van der Waals surface area contributed by atoms with Gasteiger partial charge in [-0.1, -0.05) is 6.92 Å². The zero-order chi connectivity index (χ0) is 22.8. The molecule has 3 unspecified atom stereocenters. The van der Waals surface area contributed by atoms with E-state index in [-0.39, 0.29) is 29.6 Å². The lowest BCUT2D eigenvalue weighted by Gasteiger charge is -2.35. The van der Waals surface area contributed by atoms with Crippen molar-refractivity contribution in [2.75, 3.05) is 7.11 Å². The van der Waals surface area contributed by atoms with Crippen molar-refractivity contribution in [3.8, 4) is 0 Å². The van der Waals surface area contributed by atoms with Gasteiger partial charge in [-0.25, -0.2) is 4.79 Å². The van der Waals surface area contributed by atoms with Gasteiger partial charge in [-0.2, -0.15) is 0 Å². The molecule has 32 heavy (non-hydrogen) atoms. The molecular weight excluding hydrogens is 404 g/mol. The van der Waals surface area contributed by atoms with Crippen LogP contribution in [0, 0.1) is 12.8 Å². The normalized spacial score (nSPS) is 28.4. The number of aryl methyl sites for hydroxylation is 2. The molecule has 2 aromatic heterocycles. The van der Waals surface area contributed by atoms with Gasteiger partial charge in [0, 0.05) is 49.1 Å². The lowest BCUT2D eigenvalue weighted by atomic mass is 9.74.